The Morgan fingerprint density at radius 1 is 1.16 bits per heavy atom. The second-order valence-corrected chi connectivity index (χ2v) is 6.41. The molecule has 9 heteroatoms. The van der Waals surface area contributed by atoms with Crippen LogP contribution in [0.3, 0.4) is 0 Å². The van der Waals surface area contributed by atoms with Crippen molar-refractivity contribution >= 4 is 58.1 Å². The SMILES string of the molecule is Cc1ccc(NC(=O)COC(=O)c2[nH+]c(Cl)c(Cl)c(N)c2Cl)cc1C. The topological polar surface area (TPSA) is 95.6 Å². The summed E-state index contributed by atoms with van der Waals surface area (Å²) in [5.74, 6) is -1.38. The summed E-state index contributed by atoms with van der Waals surface area (Å²) in [5, 5.41) is 2.44. The first-order chi connectivity index (χ1) is 11.7. The van der Waals surface area contributed by atoms with Gasteiger partial charge >= 0.3 is 11.7 Å². The Morgan fingerprint density at radius 3 is 2.48 bits per heavy atom. The highest BCUT2D eigenvalue weighted by Crippen LogP contribution is 2.32. The van der Waals surface area contributed by atoms with Crippen molar-refractivity contribution in [2.45, 2.75) is 13.8 Å². The Kier molecular flexibility index (Phi) is 6.11. The Hall–Kier alpha value is -2.02. The van der Waals surface area contributed by atoms with E-state index in [0.717, 1.165) is 11.1 Å². The van der Waals surface area contributed by atoms with Gasteiger partial charge in [0.05, 0.1) is 5.69 Å². The molecule has 4 N–H and O–H groups in total. The van der Waals surface area contributed by atoms with Gasteiger partial charge in [0.2, 0.25) is 0 Å². The summed E-state index contributed by atoms with van der Waals surface area (Å²) in [5.41, 5.74) is 8.14. The fraction of sp³-hybridized carbons (Fsp3) is 0.188. The van der Waals surface area contributed by atoms with Gasteiger partial charge in [-0.15, -0.1) is 0 Å². The van der Waals surface area contributed by atoms with Gasteiger partial charge in [0.1, 0.15) is 10.0 Å². The summed E-state index contributed by atoms with van der Waals surface area (Å²) in [4.78, 5) is 26.5. The molecule has 1 aromatic heterocycles. The van der Waals surface area contributed by atoms with Crippen molar-refractivity contribution in [1.82, 2.24) is 0 Å². The third-order valence-corrected chi connectivity index (χ3v) is 4.61. The van der Waals surface area contributed by atoms with Crippen LogP contribution >= 0.6 is 34.8 Å². The molecule has 0 aliphatic carbocycles. The van der Waals surface area contributed by atoms with Gasteiger partial charge in [0.15, 0.2) is 6.61 Å². The molecule has 0 saturated carbocycles. The number of halogens is 3. The number of hydrogen-bond donors (Lipinski definition) is 2. The summed E-state index contributed by atoms with van der Waals surface area (Å²) in [7, 11) is 0. The quantitative estimate of drug-likeness (QED) is 0.603. The molecule has 0 fully saturated rings. The average molecular weight is 404 g/mol. The number of aromatic amines is 1. The summed E-state index contributed by atoms with van der Waals surface area (Å²) in [6, 6.07) is 5.45. The fourth-order valence-electron chi connectivity index (χ4n) is 1.93. The highest BCUT2D eigenvalue weighted by molar-refractivity contribution is 6.45. The molecule has 25 heavy (non-hydrogen) atoms. The molecule has 0 aliphatic heterocycles. The molecule has 6 nitrogen and oxygen atoms in total. The number of carbonyl (C=O) groups is 2. The van der Waals surface area contributed by atoms with E-state index >= 15 is 0 Å². The number of ether oxygens (including phenoxy) is 1. The van der Waals surface area contributed by atoms with Crippen LogP contribution in [0.5, 0.6) is 0 Å². The normalized spacial score (nSPS) is 10.4. The predicted octanol–water partition coefficient (Wildman–Crippen LogP) is 3.46. The van der Waals surface area contributed by atoms with Crippen LogP contribution in [0.2, 0.25) is 15.2 Å². The minimum absolute atomic E-state index is 0.00398. The van der Waals surface area contributed by atoms with Gasteiger partial charge in [-0.2, -0.15) is 4.98 Å². The van der Waals surface area contributed by atoms with Crippen molar-refractivity contribution in [2.24, 2.45) is 0 Å². The zero-order valence-electron chi connectivity index (χ0n) is 13.4. The van der Waals surface area contributed by atoms with E-state index in [1.54, 1.807) is 6.07 Å². The smallest absolute Gasteiger partial charge is 0.405 e. The highest BCUT2D eigenvalue weighted by atomic mass is 35.5. The number of esters is 1. The van der Waals surface area contributed by atoms with E-state index in [1.165, 1.54) is 0 Å². The van der Waals surface area contributed by atoms with E-state index in [2.05, 4.69) is 10.3 Å². The number of anilines is 2. The Balaban J connectivity index is 2.02. The molecule has 1 heterocycles. The first-order valence-corrected chi connectivity index (χ1v) is 8.23. The number of aryl methyl sites for hydroxylation is 2. The lowest BCUT2D eigenvalue weighted by molar-refractivity contribution is -0.380. The molecular formula is C16H15Cl3N3O3+. The second kappa shape index (κ2) is 7.91. The number of amides is 1. The van der Waals surface area contributed by atoms with Crippen LogP contribution in [-0.4, -0.2) is 18.5 Å². The monoisotopic (exact) mass is 402 g/mol. The second-order valence-electron chi connectivity index (χ2n) is 5.28. The van der Waals surface area contributed by atoms with Gasteiger partial charge < -0.3 is 15.8 Å². The van der Waals surface area contributed by atoms with Crippen molar-refractivity contribution in [3.63, 3.8) is 0 Å². The molecule has 2 aromatic rings. The standard InChI is InChI=1S/C16H14Cl3N3O3/c1-7-3-4-9(5-8(7)2)21-10(23)6-25-16(24)14-11(17)13(20)12(18)15(19)22-14/h3-5H,6H2,1-2H3,(H2,20,22)(H,21,23)/p+1. The number of nitrogen functional groups attached to an aromatic ring is 1. The largest absolute Gasteiger partial charge is 0.448 e. The Bertz CT molecular complexity index is 856. The number of hydrogen-bond acceptors (Lipinski definition) is 4. The summed E-state index contributed by atoms with van der Waals surface area (Å²) in [6.45, 7) is 3.39. The van der Waals surface area contributed by atoms with Crippen LogP contribution in [-0.2, 0) is 9.53 Å². The number of carbonyl (C=O) groups excluding carboxylic acids is 2. The van der Waals surface area contributed by atoms with Crippen molar-refractivity contribution in [1.29, 1.82) is 0 Å². The summed E-state index contributed by atoms with van der Waals surface area (Å²) in [6.07, 6.45) is 0. The molecule has 0 saturated heterocycles. The molecule has 0 bridgehead atoms. The maximum absolute atomic E-state index is 12.1. The fourth-order valence-corrected chi connectivity index (χ4v) is 2.53. The molecule has 0 atom stereocenters. The lowest BCUT2D eigenvalue weighted by Crippen LogP contribution is -2.26. The van der Waals surface area contributed by atoms with Crippen molar-refractivity contribution in [2.75, 3.05) is 17.7 Å². The van der Waals surface area contributed by atoms with Crippen LogP contribution in [0.1, 0.15) is 21.6 Å². The van der Waals surface area contributed by atoms with Crippen LogP contribution in [0, 0.1) is 13.8 Å². The van der Waals surface area contributed by atoms with Crippen LogP contribution in [0.4, 0.5) is 11.4 Å². The maximum Gasteiger partial charge on any atom is 0.405 e. The van der Waals surface area contributed by atoms with E-state index in [1.807, 2.05) is 26.0 Å². The third-order valence-electron chi connectivity index (χ3n) is 3.45. The van der Waals surface area contributed by atoms with E-state index in [9.17, 15) is 9.59 Å². The Labute approximate surface area is 159 Å². The van der Waals surface area contributed by atoms with Crippen molar-refractivity contribution < 1.29 is 19.3 Å². The van der Waals surface area contributed by atoms with Gasteiger partial charge in [-0.3, -0.25) is 4.79 Å². The highest BCUT2D eigenvalue weighted by Gasteiger charge is 2.27. The van der Waals surface area contributed by atoms with E-state index in [0.29, 0.717) is 5.69 Å². The van der Waals surface area contributed by atoms with Crippen molar-refractivity contribution in [3.05, 3.63) is 50.2 Å². The maximum atomic E-state index is 12.1. The van der Waals surface area contributed by atoms with Gasteiger partial charge in [0, 0.05) is 5.69 Å². The van der Waals surface area contributed by atoms with Gasteiger partial charge in [-0.1, -0.05) is 29.3 Å². The van der Waals surface area contributed by atoms with Crippen molar-refractivity contribution in [3.8, 4) is 0 Å². The first-order valence-electron chi connectivity index (χ1n) is 7.10. The molecular weight excluding hydrogens is 389 g/mol. The lowest BCUT2D eigenvalue weighted by Gasteiger charge is -2.08. The van der Waals surface area contributed by atoms with Crippen LogP contribution in [0.15, 0.2) is 18.2 Å². The number of nitrogens with one attached hydrogen (secondary N) is 2. The molecule has 0 radical (unpaired) electrons. The molecule has 0 aliphatic rings. The number of aromatic nitrogens is 1. The zero-order valence-corrected chi connectivity index (χ0v) is 15.6. The summed E-state index contributed by atoms with van der Waals surface area (Å²) >= 11 is 17.6. The van der Waals surface area contributed by atoms with E-state index < -0.39 is 18.5 Å². The summed E-state index contributed by atoms with van der Waals surface area (Å²) < 4.78 is 4.92. The van der Waals surface area contributed by atoms with Gasteiger partial charge in [-0.05, 0) is 48.7 Å². The van der Waals surface area contributed by atoms with E-state index in [-0.39, 0.29) is 26.6 Å². The third kappa shape index (κ3) is 4.54. The number of H-pyrrole nitrogens is 1. The number of pyridine rings is 1. The lowest BCUT2D eigenvalue weighted by atomic mass is 10.1. The first kappa shape index (κ1) is 19.3. The number of nitrogens with two attached hydrogens (primary N) is 1. The molecule has 0 spiro atoms. The number of rotatable bonds is 4. The minimum atomic E-state index is -0.884. The van der Waals surface area contributed by atoms with Crippen LogP contribution in [0.25, 0.3) is 0 Å². The van der Waals surface area contributed by atoms with E-state index in [4.69, 9.17) is 45.3 Å². The zero-order chi connectivity index (χ0) is 18.7. The molecule has 2 rings (SSSR count). The van der Waals surface area contributed by atoms with Gasteiger partial charge in [-0.25, -0.2) is 4.79 Å². The number of benzene rings is 1. The molecule has 0 unspecified atom stereocenters. The average Bonchev–Trinajstić information content (AvgIpc) is 2.57. The van der Waals surface area contributed by atoms with Gasteiger partial charge in [0.25, 0.3) is 11.1 Å². The van der Waals surface area contributed by atoms with Crippen LogP contribution < -0.4 is 16.0 Å². The Morgan fingerprint density at radius 2 is 1.84 bits per heavy atom. The predicted molar refractivity (Wildman–Crippen MR) is 97.3 cm³/mol. The molecule has 1 amide bonds. The molecule has 132 valence electrons. The molecule has 1 aromatic carbocycles. The minimum Gasteiger partial charge on any atom is -0.448 e.